The molecule has 5 nitrogen and oxygen atoms in total. The third-order valence-electron chi connectivity index (χ3n) is 3.39. The van der Waals surface area contributed by atoms with Gasteiger partial charge in [-0.2, -0.15) is 13.2 Å². The highest BCUT2D eigenvalue weighted by Crippen LogP contribution is 2.40. The zero-order chi connectivity index (χ0) is 17.3. The van der Waals surface area contributed by atoms with Crippen LogP contribution in [-0.4, -0.2) is 34.5 Å². The van der Waals surface area contributed by atoms with Gasteiger partial charge >= 0.3 is 6.18 Å². The zero-order valence-electron chi connectivity index (χ0n) is 12.5. The van der Waals surface area contributed by atoms with E-state index in [0.29, 0.717) is 17.9 Å². The maximum atomic E-state index is 13.1. The number of benzene rings is 1. The van der Waals surface area contributed by atoms with Crippen LogP contribution in [0, 0.1) is 0 Å². The number of ether oxygens (including phenoxy) is 1. The van der Waals surface area contributed by atoms with Crippen molar-refractivity contribution in [3.63, 3.8) is 0 Å². The summed E-state index contributed by atoms with van der Waals surface area (Å²) < 4.78 is 44.4. The monoisotopic (exact) mass is 330 g/mol. The predicted octanol–water partition coefficient (Wildman–Crippen LogP) is 2.13. The first-order chi connectivity index (χ1) is 10.7. The molecule has 1 amide bonds. The van der Waals surface area contributed by atoms with Crippen molar-refractivity contribution in [2.45, 2.75) is 31.7 Å². The number of amides is 1. The lowest BCUT2D eigenvalue weighted by Gasteiger charge is -2.33. The summed E-state index contributed by atoms with van der Waals surface area (Å²) in [6.07, 6.45) is -6.09. The number of aliphatic hydroxyl groups is 1. The molecule has 1 atom stereocenters. The topological polar surface area (TPSA) is 61.8 Å². The van der Waals surface area contributed by atoms with Gasteiger partial charge in [-0.25, -0.2) is 5.01 Å². The molecule has 23 heavy (non-hydrogen) atoms. The molecule has 0 aliphatic carbocycles. The molecule has 1 aliphatic heterocycles. The molecule has 1 aromatic carbocycles. The smallest absolute Gasteiger partial charge is 0.438 e. The second-order valence-corrected chi connectivity index (χ2v) is 5.19. The molecular weight excluding hydrogens is 313 g/mol. The van der Waals surface area contributed by atoms with Gasteiger partial charge in [-0.15, -0.1) is 0 Å². The number of carbonyl (C=O) groups is 1. The van der Waals surface area contributed by atoms with E-state index in [1.54, 1.807) is 24.3 Å². The number of hydrogen-bond acceptors (Lipinski definition) is 4. The number of rotatable bonds is 4. The Labute approximate surface area is 131 Å². The minimum Gasteiger partial charge on any atom is -0.494 e. The van der Waals surface area contributed by atoms with Crippen molar-refractivity contribution in [1.29, 1.82) is 0 Å². The van der Waals surface area contributed by atoms with Crippen LogP contribution < -0.4 is 10.2 Å². The lowest BCUT2D eigenvalue weighted by molar-refractivity contribution is -0.304. The number of carbonyl (C=O) groups excluding carboxylic acids is 1. The largest absolute Gasteiger partial charge is 0.494 e. The van der Waals surface area contributed by atoms with Gasteiger partial charge in [-0.1, -0.05) is 18.7 Å². The SMILES string of the molecule is C=C1CC(O)(C(F)(F)F)N(C(=O)Cc2ccc(OCC)cc2)N1. The third-order valence-corrected chi connectivity index (χ3v) is 3.39. The maximum absolute atomic E-state index is 13.1. The van der Waals surface area contributed by atoms with Gasteiger partial charge in [0.05, 0.1) is 13.0 Å². The Bertz CT molecular complexity index is 601. The minimum absolute atomic E-state index is 0.0788. The Kier molecular flexibility index (Phi) is 4.56. The highest BCUT2D eigenvalue weighted by Gasteiger charge is 2.63. The molecule has 0 spiro atoms. The van der Waals surface area contributed by atoms with E-state index in [2.05, 4.69) is 12.0 Å². The first kappa shape index (κ1) is 17.1. The summed E-state index contributed by atoms with van der Waals surface area (Å²) in [7, 11) is 0. The van der Waals surface area contributed by atoms with Crippen LogP contribution in [0.5, 0.6) is 5.75 Å². The van der Waals surface area contributed by atoms with Gasteiger partial charge in [0.15, 0.2) is 0 Å². The Morgan fingerprint density at radius 1 is 1.43 bits per heavy atom. The third kappa shape index (κ3) is 3.42. The Balaban J connectivity index is 2.14. The van der Waals surface area contributed by atoms with E-state index in [4.69, 9.17) is 4.74 Å². The fraction of sp³-hybridized carbons (Fsp3) is 0.400. The van der Waals surface area contributed by atoms with Crippen molar-refractivity contribution in [2.75, 3.05) is 6.61 Å². The van der Waals surface area contributed by atoms with Gasteiger partial charge in [0.1, 0.15) is 5.75 Å². The van der Waals surface area contributed by atoms with Crippen LogP contribution in [0.2, 0.25) is 0 Å². The highest BCUT2D eigenvalue weighted by atomic mass is 19.4. The van der Waals surface area contributed by atoms with Crippen LogP contribution in [0.15, 0.2) is 36.5 Å². The second-order valence-electron chi connectivity index (χ2n) is 5.19. The summed E-state index contributed by atoms with van der Waals surface area (Å²) in [5, 5.41) is 10.1. The van der Waals surface area contributed by atoms with Crippen LogP contribution in [0.3, 0.4) is 0 Å². The van der Waals surface area contributed by atoms with E-state index < -0.39 is 24.2 Å². The summed E-state index contributed by atoms with van der Waals surface area (Å²) in [5.74, 6) is -0.309. The quantitative estimate of drug-likeness (QED) is 0.888. The van der Waals surface area contributed by atoms with Crippen LogP contribution in [0.1, 0.15) is 18.9 Å². The fourth-order valence-corrected chi connectivity index (χ4v) is 2.29. The second kappa shape index (κ2) is 6.11. The number of nitrogens with one attached hydrogen (secondary N) is 1. The van der Waals surface area contributed by atoms with Crippen molar-refractivity contribution in [3.8, 4) is 5.75 Å². The summed E-state index contributed by atoms with van der Waals surface area (Å²) in [6.45, 7) is 5.66. The molecule has 1 fully saturated rings. The molecule has 1 heterocycles. The minimum atomic E-state index is -4.99. The molecule has 8 heteroatoms. The molecule has 1 aliphatic rings. The first-order valence-corrected chi connectivity index (χ1v) is 6.95. The maximum Gasteiger partial charge on any atom is 0.438 e. The molecule has 1 saturated heterocycles. The van der Waals surface area contributed by atoms with Crippen molar-refractivity contribution in [1.82, 2.24) is 10.4 Å². The van der Waals surface area contributed by atoms with Gasteiger partial charge in [-0.3, -0.25) is 10.2 Å². The molecular formula is C15H17F3N2O3. The standard InChI is InChI=1S/C15H17F3N2O3/c1-3-23-12-6-4-11(5-7-12)8-13(21)20-14(22,15(16,17)18)9-10(2)19-20/h4-7,19,22H,2-3,8-9H2,1H3. The van der Waals surface area contributed by atoms with Gasteiger partial charge in [-0.05, 0) is 24.6 Å². The van der Waals surface area contributed by atoms with E-state index in [1.165, 1.54) is 0 Å². The van der Waals surface area contributed by atoms with Crippen LogP contribution in [0.25, 0.3) is 0 Å². The zero-order valence-corrected chi connectivity index (χ0v) is 12.5. The van der Waals surface area contributed by atoms with E-state index in [1.807, 2.05) is 6.92 Å². The van der Waals surface area contributed by atoms with E-state index in [-0.39, 0.29) is 17.1 Å². The first-order valence-electron chi connectivity index (χ1n) is 6.95. The van der Waals surface area contributed by atoms with Gasteiger partial charge < -0.3 is 9.84 Å². The fourth-order valence-electron chi connectivity index (χ4n) is 2.29. The van der Waals surface area contributed by atoms with Crippen LogP contribution in [-0.2, 0) is 11.2 Å². The van der Waals surface area contributed by atoms with Crippen LogP contribution in [0.4, 0.5) is 13.2 Å². The average molecular weight is 330 g/mol. The summed E-state index contributed by atoms with van der Waals surface area (Å²) in [6, 6.07) is 6.41. The molecule has 2 N–H and O–H groups in total. The van der Waals surface area contributed by atoms with E-state index in [0.717, 1.165) is 0 Å². The van der Waals surface area contributed by atoms with E-state index >= 15 is 0 Å². The molecule has 0 radical (unpaired) electrons. The lowest BCUT2D eigenvalue weighted by Crippen LogP contribution is -2.60. The molecule has 1 aromatic rings. The van der Waals surface area contributed by atoms with Crippen LogP contribution >= 0.6 is 0 Å². The lowest BCUT2D eigenvalue weighted by atomic mass is 10.1. The average Bonchev–Trinajstić information content (AvgIpc) is 2.77. The predicted molar refractivity (Wildman–Crippen MR) is 76.1 cm³/mol. The molecule has 0 aromatic heterocycles. The van der Waals surface area contributed by atoms with Gasteiger partial charge in [0.2, 0.25) is 5.91 Å². The van der Waals surface area contributed by atoms with Crippen molar-refractivity contribution >= 4 is 5.91 Å². The normalized spacial score (nSPS) is 21.3. The Hall–Kier alpha value is -2.22. The van der Waals surface area contributed by atoms with Crippen molar-refractivity contribution in [2.24, 2.45) is 0 Å². The van der Waals surface area contributed by atoms with Crippen molar-refractivity contribution < 1.29 is 27.8 Å². The van der Waals surface area contributed by atoms with E-state index in [9.17, 15) is 23.1 Å². The Morgan fingerprint density at radius 3 is 2.57 bits per heavy atom. The molecule has 2 rings (SSSR count). The number of hydrogen-bond donors (Lipinski definition) is 2. The summed E-state index contributed by atoms with van der Waals surface area (Å²) in [4.78, 5) is 12.2. The van der Waals surface area contributed by atoms with Crippen molar-refractivity contribution in [3.05, 3.63) is 42.1 Å². The van der Waals surface area contributed by atoms with Gasteiger partial charge in [0, 0.05) is 12.1 Å². The molecule has 126 valence electrons. The number of alkyl halides is 3. The number of halogens is 3. The number of nitrogens with zero attached hydrogens (tertiary/aromatic N) is 1. The Morgan fingerprint density at radius 2 is 2.04 bits per heavy atom. The molecule has 1 unspecified atom stereocenters. The molecule has 0 saturated carbocycles. The summed E-state index contributed by atoms with van der Waals surface area (Å²) >= 11 is 0. The van der Waals surface area contributed by atoms with Gasteiger partial charge in [0.25, 0.3) is 5.72 Å². The molecule has 0 bridgehead atoms. The highest BCUT2D eigenvalue weighted by molar-refractivity contribution is 5.79. The summed E-state index contributed by atoms with van der Waals surface area (Å²) in [5.41, 5.74) is -0.665. The number of hydrazine groups is 1.